The third kappa shape index (κ3) is 5.44. The number of nitrogens with zero attached hydrogens (tertiary/aromatic N) is 3. The van der Waals surface area contributed by atoms with Crippen molar-refractivity contribution in [2.45, 2.75) is 20.3 Å². The van der Waals surface area contributed by atoms with E-state index in [-0.39, 0.29) is 23.3 Å². The van der Waals surface area contributed by atoms with Gasteiger partial charge in [-0.15, -0.1) is 11.3 Å². The normalized spacial score (nSPS) is 17.2. The molecular formula is C23H28N4O4S2. The van der Waals surface area contributed by atoms with Crippen LogP contribution in [-0.2, 0) is 9.84 Å². The third-order valence-electron chi connectivity index (χ3n) is 5.87. The number of hydrogen-bond acceptors (Lipinski definition) is 8. The number of carbonyl (C=O) groups excluding carboxylic acids is 1. The van der Waals surface area contributed by atoms with E-state index in [1.165, 1.54) is 23.2 Å². The highest BCUT2D eigenvalue weighted by Gasteiger charge is 2.28. The van der Waals surface area contributed by atoms with Gasteiger partial charge in [0, 0.05) is 13.6 Å². The Balaban J connectivity index is 1.42. The summed E-state index contributed by atoms with van der Waals surface area (Å²) < 4.78 is 29.2. The molecule has 8 nitrogen and oxygen atoms in total. The van der Waals surface area contributed by atoms with Crippen molar-refractivity contribution < 1.29 is 17.9 Å². The largest absolute Gasteiger partial charge is 0.492 e. The summed E-state index contributed by atoms with van der Waals surface area (Å²) in [6.45, 7) is 5.30. The molecule has 10 heteroatoms. The van der Waals surface area contributed by atoms with Gasteiger partial charge >= 0.3 is 0 Å². The lowest BCUT2D eigenvalue weighted by Gasteiger charge is -2.17. The topological polar surface area (TPSA) is 101 Å². The van der Waals surface area contributed by atoms with E-state index in [1.54, 1.807) is 11.9 Å². The van der Waals surface area contributed by atoms with Crippen LogP contribution in [0.3, 0.4) is 0 Å². The summed E-state index contributed by atoms with van der Waals surface area (Å²) in [6.07, 6.45) is 2.13. The lowest BCUT2D eigenvalue weighted by Crippen LogP contribution is -2.30. The maximum absolute atomic E-state index is 13.1. The zero-order chi connectivity index (χ0) is 23.6. The molecule has 0 unspecified atom stereocenters. The van der Waals surface area contributed by atoms with E-state index in [0.717, 1.165) is 21.5 Å². The van der Waals surface area contributed by atoms with Crippen LogP contribution in [0.25, 0.3) is 10.2 Å². The van der Waals surface area contributed by atoms with Gasteiger partial charge in [0.1, 0.15) is 29.3 Å². The standard InChI is InChI=1S/C23H28N4O4S2/c1-15-4-6-18(7-5-15)31-10-9-27(3)23(28)20-16(2)19-21(25-14-26-22(19)32-20)24-12-17-8-11-33(29,30)13-17/h4-7,14,17H,8-13H2,1-3H3,(H,24,25,26)/t17-/m1/s1. The van der Waals surface area contributed by atoms with Crippen LogP contribution >= 0.6 is 11.3 Å². The van der Waals surface area contributed by atoms with Crippen molar-refractivity contribution in [3.8, 4) is 5.75 Å². The SMILES string of the molecule is Cc1ccc(OCCN(C)C(=O)c2sc3ncnc(NC[C@H]4CCS(=O)(=O)C4)c3c2C)cc1. The minimum Gasteiger partial charge on any atom is -0.492 e. The van der Waals surface area contributed by atoms with Gasteiger partial charge < -0.3 is 15.0 Å². The van der Waals surface area contributed by atoms with Crippen molar-refractivity contribution in [1.29, 1.82) is 0 Å². The number of hydrogen-bond donors (Lipinski definition) is 1. The Morgan fingerprint density at radius 3 is 2.70 bits per heavy atom. The van der Waals surface area contributed by atoms with Crippen LogP contribution in [0.4, 0.5) is 5.82 Å². The Labute approximate surface area is 197 Å². The van der Waals surface area contributed by atoms with Crippen molar-refractivity contribution in [2.75, 3.05) is 43.6 Å². The molecule has 1 amide bonds. The lowest BCUT2D eigenvalue weighted by atomic mass is 10.1. The number of likely N-dealkylation sites (N-methyl/N-ethyl adjacent to an activating group) is 1. The number of benzene rings is 1. The van der Waals surface area contributed by atoms with Gasteiger partial charge in [-0.2, -0.15) is 0 Å². The number of aromatic nitrogens is 2. The molecule has 4 rings (SSSR count). The lowest BCUT2D eigenvalue weighted by molar-refractivity contribution is 0.0778. The van der Waals surface area contributed by atoms with Crippen molar-refractivity contribution in [3.05, 3.63) is 46.6 Å². The van der Waals surface area contributed by atoms with Gasteiger partial charge in [-0.05, 0) is 43.9 Å². The highest BCUT2D eigenvalue weighted by Crippen LogP contribution is 2.34. The fourth-order valence-corrected chi connectivity index (χ4v) is 6.90. The molecule has 1 saturated heterocycles. The molecular weight excluding hydrogens is 460 g/mol. The molecule has 0 radical (unpaired) electrons. The number of aryl methyl sites for hydroxylation is 2. The molecule has 176 valence electrons. The fourth-order valence-electron chi connectivity index (χ4n) is 3.89. The minimum atomic E-state index is -2.93. The second kappa shape index (κ2) is 9.64. The molecule has 0 aliphatic carbocycles. The number of carbonyl (C=O) groups is 1. The Bertz CT molecular complexity index is 1260. The number of ether oxygens (including phenoxy) is 1. The molecule has 1 aliphatic rings. The molecule has 1 fully saturated rings. The smallest absolute Gasteiger partial charge is 0.264 e. The number of rotatable bonds is 8. The summed E-state index contributed by atoms with van der Waals surface area (Å²) in [5.41, 5.74) is 1.99. The van der Waals surface area contributed by atoms with Gasteiger partial charge in [0.25, 0.3) is 5.91 Å². The van der Waals surface area contributed by atoms with Crippen LogP contribution in [0, 0.1) is 19.8 Å². The van der Waals surface area contributed by atoms with E-state index >= 15 is 0 Å². The maximum atomic E-state index is 13.1. The van der Waals surface area contributed by atoms with Crippen LogP contribution in [-0.4, -0.2) is 67.4 Å². The van der Waals surface area contributed by atoms with Crippen molar-refractivity contribution >= 4 is 43.1 Å². The third-order valence-corrected chi connectivity index (χ3v) is 8.89. The molecule has 3 heterocycles. The van der Waals surface area contributed by atoms with Gasteiger partial charge in [0.2, 0.25) is 0 Å². The average molecular weight is 489 g/mol. The number of thiophene rings is 1. The molecule has 0 bridgehead atoms. The molecule has 1 atom stereocenters. The van der Waals surface area contributed by atoms with Gasteiger partial charge in [-0.1, -0.05) is 17.7 Å². The molecule has 1 N–H and O–H groups in total. The zero-order valence-electron chi connectivity index (χ0n) is 19.0. The van der Waals surface area contributed by atoms with Crippen LogP contribution in [0.1, 0.15) is 27.2 Å². The first-order valence-electron chi connectivity index (χ1n) is 10.9. The van der Waals surface area contributed by atoms with E-state index in [0.29, 0.717) is 36.8 Å². The van der Waals surface area contributed by atoms with Crippen molar-refractivity contribution in [3.63, 3.8) is 0 Å². The van der Waals surface area contributed by atoms with Gasteiger partial charge in [0.15, 0.2) is 9.84 Å². The Morgan fingerprint density at radius 2 is 2.00 bits per heavy atom. The fraction of sp³-hybridized carbons (Fsp3) is 0.435. The summed E-state index contributed by atoms with van der Waals surface area (Å²) in [5.74, 6) is 1.85. The van der Waals surface area contributed by atoms with E-state index < -0.39 is 9.84 Å². The molecule has 3 aromatic rings. The van der Waals surface area contributed by atoms with E-state index in [4.69, 9.17) is 4.74 Å². The van der Waals surface area contributed by atoms with Gasteiger partial charge in [0.05, 0.1) is 28.3 Å². The molecule has 0 spiro atoms. The number of sulfone groups is 1. The van der Waals surface area contributed by atoms with Crippen LogP contribution < -0.4 is 10.1 Å². The van der Waals surface area contributed by atoms with Crippen molar-refractivity contribution in [2.24, 2.45) is 5.92 Å². The van der Waals surface area contributed by atoms with Crippen LogP contribution in [0.2, 0.25) is 0 Å². The molecule has 1 aromatic carbocycles. The molecule has 33 heavy (non-hydrogen) atoms. The monoisotopic (exact) mass is 488 g/mol. The second-order valence-electron chi connectivity index (χ2n) is 8.50. The Morgan fingerprint density at radius 1 is 1.24 bits per heavy atom. The number of anilines is 1. The van der Waals surface area contributed by atoms with Gasteiger partial charge in [-0.25, -0.2) is 18.4 Å². The van der Waals surface area contributed by atoms with Crippen molar-refractivity contribution in [1.82, 2.24) is 14.9 Å². The summed E-state index contributed by atoms with van der Waals surface area (Å²) >= 11 is 1.34. The number of nitrogens with one attached hydrogen (secondary N) is 1. The van der Waals surface area contributed by atoms with E-state index in [9.17, 15) is 13.2 Å². The summed E-state index contributed by atoms with van der Waals surface area (Å²) in [5, 5.41) is 4.11. The number of fused-ring (bicyclic) bond motifs is 1. The van der Waals surface area contributed by atoms with E-state index in [2.05, 4.69) is 15.3 Å². The predicted molar refractivity (Wildman–Crippen MR) is 131 cm³/mol. The minimum absolute atomic E-state index is 0.0692. The quantitative estimate of drug-likeness (QED) is 0.519. The summed E-state index contributed by atoms with van der Waals surface area (Å²) in [4.78, 5) is 24.8. The van der Waals surface area contributed by atoms with E-state index in [1.807, 2.05) is 38.1 Å². The van der Waals surface area contributed by atoms with Gasteiger partial charge in [-0.3, -0.25) is 4.79 Å². The van der Waals surface area contributed by atoms with Crippen LogP contribution in [0.15, 0.2) is 30.6 Å². The first-order valence-corrected chi connectivity index (χ1v) is 13.5. The first-order chi connectivity index (χ1) is 15.7. The highest BCUT2D eigenvalue weighted by atomic mass is 32.2. The van der Waals surface area contributed by atoms with Crippen LogP contribution in [0.5, 0.6) is 5.75 Å². The number of amides is 1. The maximum Gasteiger partial charge on any atom is 0.264 e. The Hall–Kier alpha value is -2.72. The molecule has 2 aromatic heterocycles. The average Bonchev–Trinajstić information content (AvgIpc) is 3.32. The summed E-state index contributed by atoms with van der Waals surface area (Å²) in [6, 6.07) is 7.81. The molecule has 1 aliphatic heterocycles. The second-order valence-corrected chi connectivity index (χ2v) is 11.7. The zero-order valence-corrected chi connectivity index (χ0v) is 20.6. The highest BCUT2D eigenvalue weighted by molar-refractivity contribution is 7.91. The Kier molecular flexibility index (Phi) is 6.85. The molecule has 0 saturated carbocycles. The summed E-state index contributed by atoms with van der Waals surface area (Å²) in [7, 11) is -1.17. The first kappa shape index (κ1) is 23.4. The predicted octanol–water partition coefficient (Wildman–Crippen LogP) is 3.31.